The molecule has 0 aliphatic heterocycles. The maximum atomic E-state index is 13.7. The Hall–Kier alpha value is -4.10. The summed E-state index contributed by atoms with van der Waals surface area (Å²) in [6.45, 7) is 0.277. The first kappa shape index (κ1) is 20.8. The van der Waals surface area contributed by atoms with Gasteiger partial charge in [-0.2, -0.15) is 0 Å². The third kappa shape index (κ3) is 4.73. The topological polar surface area (TPSA) is 55.3 Å². The first-order chi connectivity index (χ1) is 16.2. The lowest BCUT2D eigenvalue weighted by molar-refractivity contribution is 0.0985. The first-order valence-electron chi connectivity index (χ1n) is 10.3. The van der Waals surface area contributed by atoms with Crippen molar-refractivity contribution in [2.24, 2.45) is 0 Å². The van der Waals surface area contributed by atoms with E-state index in [-0.39, 0.29) is 18.3 Å². The fraction of sp³-hybridized carbons (Fsp3) is 0.0385. The molecule has 7 heteroatoms. The van der Waals surface area contributed by atoms with Gasteiger partial charge in [0.05, 0.1) is 16.8 Å². The van der Waals surface area contributed by atoms with Crippen molar-refractivity contribution in [1.82, 2.24) is 9.97 Å². The number of nitrogens with zero attached hydrogens (tertiary/aromatic N) is 3. The Kier molecular flexibility index (Phi) is 5.78. The van der Waals surface area contributed by atoms with Crippen LogP contribution in [0.15, 0.2) is 97.3 Å². The molecule has 0 radical (unpaired) electrons. The van der Waals surface area contributed by atoms with E-state index in [2.05, 4.69) is 9.97 Å². The van der Waals surface area contributed by atoms with Crippen LogP contribution in [0.5, 0.6) is 11.5 Å². The second-order valence-electron chi connectivity index (χ2n) is 7.30. The monoisotopic (exact) mass is 455 g/mol. The number of hydrogen-bond donors (Lipinski definition) is 0. The standard InChI is InChI=1S/C26H18FN3O2S/c27-20-11-12-23-24(15-20)33-26(29-23)30(17-18-6-5-13-28-16-18)25(31)19-7-4-10-22(14-19)32-21-8-2-1-3-9-21/h1-16H,17H2. The van der Waals surface area contributed by atoms with E-state index < -0.39 is 0 Å². The highest BCUT2D eigenvalue weighted by Crippen LogP contribution is 2.32. The van der Waals surface area contributed by atoms with Gasteiger partial charge in [0.1, 0.15) is 17.3 Å². The molecule has 0 saturated carbocycles. The minimum Gasteiger partial charge on any atom is -0.457 e. The van der Waals surface area contributed by atoms with E-state index in [1.54, 1.807) is 47.6 Å². The number of carbonyl (C=O) groups excluding carboxylic acids is 1. The number of fused-ring (bicyclic) bond motifs is 1. The van der Waals surface area contributed by atoms with Gasteiger partial charge >= 0.3 is 0 Å². The number of pyridine rings is 1. The normalized spacial score (nSPS) is 10.8. The molecule has 33 heavy (non-hydrogen) atoms. The van der Waals surface area contributed by atoms with E-state index in [1.807, 2.05) is 42.5 Å². The summed E-state index contributed by atoms with van der Waals surface area (Å²) >= 11 is 1.27. The molecule has 0 unspecified atom stereocenters. The number of aromatic nitrogens is 2. The second-order valence-corrected chi connectivity index (χ2v) is 8.31. The molecule has 5 nitrogen and oxygen atoms in total. The van der Waals surface area contributed by atoms with Crippen molar-refractivity contribution in [1.29, 1.82) is 0 Å². The number of thiazole rings is 1. The van der Waals surface area contributed by atoms with E-state index in [0.717, 1.165) is 5.56 Å². The van der Waals surface area contributed by atoms with Crippen molar-refractivity contribution in [3.63, 3.8) is 0 Å². The van der Waals surface area contributed by atoms with E-state index in [9.17, 15) is 9.18 Å². The fourth-order valence-electron chi connectivity index (χ4n) is 3.38. The molecule has 0 fully saturated rings. The minimum absolute atomic E-state index is 0.239. The lowest BCUT2D eigenvalue weighted by Crippen LogP contribution is -2.30. The van der Waals surface area contributed by atoms with Crippen LogP contribution >= 0.6 is 11.3 Å². The van der Waals surface area contributed by atoms with Crippen LogP contribution in [0.25, 0.3) is 10.2 Å². The van der Waals surface area contributed by atoms with Gasteiger partial charge in [-0.1, -0.05) is 41.7 Å². The Morgan fingerprint density at radius 1 is 0.939 bits per heavy atom. The summed E-state index contributed by atoms with van der Waals surface area (Å²) in [6, 6.07) is 24.5. The summed E-state index contributed by atoms with van der Waals surface area (Å²) in [4.78, 5) is 24.0. The van der Waals surface area contributed by atoms with Gasteiger partial charge in [0, 0.05) is 18.0 Å². The summed E-state index contributed by atoms with van der Waals surface area (Å²) in [6.07, 6.45) is 3.39. The molecule has 2 aromatic heterocycles. The molecule has 162 valence electrons. The Labute approximate surface area is 193 Å². The average molecular weight is 456 g/mol. The highest BCUT2D eigenvalue weighted by atomic mass is 32.1. The summed E-state index contributed by atoms with van der Waals surface area (Å²) in [5.41, 5.74) is 1.95. The number of benzene rings is 3. The van der Waals surface area contributed by atoms with E-state index in [4.69, 9.17) is 4.74 Å². The van der Waals surface area contributed by atoms with Gasteiger partial charge in [-0.05, 0) is 60.2 Å². The molecule has 0 N–H and O–H groups in total. The highest BCUT2D eigenvalue weighted by Gasteiger charge is 2.22. The SMILES string of the molecule is O=C(c1cccc(Oc2ccccc2)c1)N(Cc1cccnc1)c1nc2ccc(F)cc2s1. The summed E-state index contributed by atoms with van der Waals surface area (Å²) in [5, 5.41) is 0.485. The fourth-order valence-corrected chi connectivity index (χ4v) is 4.36. The van der Waals surface area contributed by atoms with Crippen LogP contribution in [-0.4, -0.2) is 15.9 Å². The van der Waals surface area contributed by atoms with Gasteiger partial charge in [0.2, 0.25) is 0 Å². The van der Waals surface area contributed by atoms with Crippen LogP contribution < -0.4 is 9.64 Å². The van der Waals surface area contributed by atoms with Crippen molar-refractivity contribution in [3.05, 3.63) is 114 Å². The molecule has 0 saturated heterocycles. The van der Waals surface area contributed by atoms with E-state index in [0.29, 0.717) is 32.4 Å². The molecule has 1 amide bonds. The largest absolute Gasteiger partial charge is 0.457 e. The zero-order valence-corrected chi connectivity index (χ0v) is 18.2. The maximum absolute atomic E-state index is 13.7. The Morgan fingerprint density at radius 2 is 1.79 bits per heavy atom. The predicted octanol–water partition coefficient (Wildman–Crippen LogP) is 6.47. The molecule has 0 atom stereocenters. The molecule has 0 spiro atoms. The molecule has 0 aliphatic rings. The van der Waals surface area contributed by atoms with E-state index >= 15 is 0 Å². The minimum atomic E-state index is -0.339. The van der Waals surface area contributed by atoms with Gasteiger partial charge in [0.25, 0.3) is 5.91 Å². The van der Waals surface area contributed by atoms with Crippen LogP contribution in [0.4, 0.5) is 9.52 Å². The molecule has 0 bridgehead atoms. The number of anilines is 1. The van der Waals surface area contributed by atoms with Crippen molar-refractivity contribution < 1.29 is 13.9 Å². The van der Waals surface area contributed by atoms with Crippen LogP contribution in [-0.2, 0) is 6.54 Å². The van der Waals surface area contributed by atoms with Gasteiger partial charge in [-0.15, -0.1) is 0 Å². The van der Waals surface area contributed by atoms with Gasteiger partial charge in [-0.3, -0.25) is 14.7 Å². The van der Waals surface area contributed by atoms with Crippen molar-refractivity contribution in [2.45, 2.75) is 6.54 Å². The molecular formula is C26H18FN3O2S. The van der Waals surface area contributed by atoms with Gasteiger partial charge < -0.3 is 4.74 Å². The summed E-state index contributed by atoms with van der Waals surface area (Å²) < 4.78 is 20.3. The predicted molar refractivity (Wildman–Crippen MR) is 127 cm³/mol. The molecule has 3 aromatic carbocycles. The lowest BCUT2D eigenvalue weighted by Gasteiger charge is -2.20. The Morgan fingerprint density at radius 3 is 2.61 bits per heavy atom. The Bertz CT molecular complexity index is 1410. The van der Waals surface area contributed by atoms with Crippen molar-refractivity contribution >= 4 is 32.6 Å². The number of amides is 1. The zero-order valence-electron chi connectivity index (χ0n) is 17.4. The highest BCUT2D eigenvalue weighted by molar-refractivity contribution is 7.22. The third-order valence-corrected chi connectivity index (χ3v) is 5.98. The van der Waals surface area contributed by atoms with Crippen LogP contribution in [0.1, 0.15) is 15.9 Å². The quantitative estimate of drug-likeness (QED) is 0.294. The van der Waals surface area contributed by atoms with Gasteiger partial charge in [-0.25, -0.2) is 9.37 Å². The third-order valence-electron chi connectivity index (χ3n) is 4.94. The number of hydrogen-bond acceptors (Lipinski definition) is 5. The summed E-state index contributed by atoms with van der Waals surface area (Å²) in [5.74, 6) is 0.660. The van der Waals surface area contributed by atoms with Crippen LogP contribution in [0.3, 0.4) is 0 Å². The van der Waals surface area contributed by atoms with Crippen LogP contribution in [0, 0.1) is 5.82 Å². The summed E-state index contributed by atoms with van der Waals surface area (Å²) in [7, 11) is 0. The molecule has 0 aliphatic carbocycles. The molecule has 5 aromatic rings. The van der Waals surface area contributed by atoms with Crippen molar-refractivity contribution in [3.8, 4) is 11.5 Å². The number of rotatable bonds is 6. The number of ether oxygens (including phenoxy) is 1. The van der Waals surface area contributed by atoms with E-state index in [1.165, 1.54) is 23.5 Å². The van der Waals surface area contributed by atoms with Gasteiger partial charge in [0.15, 0.2) is 5.13 Å². The molecular weight excluding hydrogens is 437 g/mol. The lowest BCUT2D eigenvalue weighted by atomic mass is 10.1. The zero-order chi connectivity index (χ0) is 22.6. The second kappa shape index (κ2) is 9.18. The number of halogens is 1. The smallest absolute Gasteiger partial charge is 0.260 e. The van der Waals surface area contributed by atoms with Crippen molar-refractivity contribution in [2.75, 3.05) is 4.90 Å². The molecule has 5 rings (SSSR count). The molecule has 2 heterocycles. The van der Waals surface area contributed by atoms with Crippen LogP contribution in [0.2, 0.25) is 0 Å². The first-order valence-corrected chi connectivity index (χ1v) is 11.1. The average Bonchev–Trinajstić information content (AvgIpc) is 3.26. The number of carbonyl (C=O) groups is 1. The number of para-hydroxylation sites is 1. The Balaban J connectivity index is 1.50. The maximum Gasteiger partial charge on any atom is 0.260 e.